The predicted octanol–water partition coefficient (Wildman–Crippen LogP) is 1.98. The number of pyridine rings is 1. The van der Waals surface area contributed by atoms with Crippen LogP contribution in [0.1, 0.15) is 0 Å². The molecule has 0 aliphatic heterocycles. The van der Waals surface area contributed by atoms with Crippen molar-refractivity contribution in [3.8, 4) is 5.69 Å². The molecule has 3 rings (SSSR count). The number of benzene rings is 1. The molecule has 3 aromatic rings. The standard InChI is InChI=1S/C12H8N2O2/c15-12-14(9-5-2-1-3-6-9)10-7-4-8-13-11(10)16-12/h1-8H. The van der Waals surface area contributed by atoms with E-state index >= 15 is 0 Å². The largest absolute Gasteiger partial charge is 0.426 e. The third kappa shape index (κ3) is 1.24. The molecule has 0 aliphatic rings. The first-order chi connectivity index (χ1) is 7.86. The van der Waals surface area contributed by atoms with Gasteiger partial charge < -0.3 is 4.42 Å². The first-order valence-corrected chi connectivity index (χ1v) is 4.88. The monoisotopic (exact) mass is 212 g/mol. The van der Waals surface area contributed by atoms with E-state index in [1.165, 1.54) is 4.57 Å². The number of rotatable bonds is 1. The number of para-hydroxylation sites is 1. The Bertz CT molecular complexity index is 683. The van der Waals surface area contributed by atoms with Crippen molar-refractivity contribution in [3.63, 3.8) is 0 Å². The lowest BCUT2D eigenvalue weighted by Crippen LogP contribution is -2.11. The van der Waals surface area contributed by atoms with E-state index in [1.807, 2.05) is 30.3 Å². The molecule has 0 saturated carbocycles. The van der Waals surface area contributed by atoms with Crippen LogP contribution in [-0.4, -0.2) is 9.55 Å². The van der Waals surface area contributed by atoms with Gasteiger partial charge in [0.05, 0.1) is 5.69 Å². The van der Waals surface area contributed by atoms with Gasteiger partial charge in [0, 0.05) is 6.20 Å². The number of nitrogens with zero attached hydrogens (tertiary/aromatic N) is 2. The van der Waals surface area contributed by atoms with Gasteiger partial charge in [-0.2, -0.15) is 0 Å². The molecular formula is C12H8N2O2. The second-order valence-electron chi connectivity index (χ2n) is 3.37. The molecule has 0 amide bonds. The minimum Gasteiger partial charge on any atom is -0.388 e. The molecule has 4 heteroatoms. The summed E-state index contributed by atoms with van der Waals surface area (Å²) in [6, 6.07) is 12.9. The molecule has 0 spiro atoms. The first kappa shape index (κ1) is 8.91. The van der Waals surface area contributed by atoms with Crippen LogP contribution < -0.4 is 5.76 Å². The first-order valence-electron chi connectivity index (χ1n) is 4.88. The van der Waals surface area contributed by atoms with Crippen LogP contribution >= 0.6 is 0 Å². The maximum atomic E-state index is 11.7. The van der Waals surface area contributed by atoms with Gasteiger partial charge >= 0.3 is 5.76 Å². The summed E-state index contributed by atoms with van der Waals surface area (Å²) >= 11 is 0. The average molecular weight is 212 g/mol. The Morgan fingerprint density at radius 1 is 1.06 bits per heavy atom. The van der Waals surface area contributed by atoms with E-state index < -0.39 is 5.76 Å². The van der Waals surface area contributed by atoms with Crippen LogP contribution in [0, 0.1) is 0 Å². The minimum atomic E-state index is -0.417. The Kier molecular flexibility index (Phi) is 1.86. The molecule has 0 N–H and O–H groups in total. The maximum absolute atomic E-state index is 11.7. The van der Waals surface area contributed by atoms with Crippen molar-refractivity contribution < 1.29 is 4.42 Å². The van der Waals surface area contributed by atoms with E-state index in [1.54, 1.807) is 18.3 Å². The Balaban J connectivity index is 2.40. The molecule has 0 bridgehead atoms. The molecule has 16 heavy (non-hydrogen) atoms. The van der Waals surface area contributed by atoms with Crippen LogP contribution in [0.3, 0.4) is 0 Å². The summed E-state index contributed by atoms with van der Waals surface area (Å²) in [7, 11) is 0. The summed E-state index contributed by atoms with van der Waals surface area (Å²) in [5, 5.41) is 0. The van der Waals surface area contributed by atoms with Gasteiger partial charge in [0.2, 0.25) is 5.71 Å². The van der Waals surface area contributed by atoms with Gasteiger partial charge in [-0.15, -0.1) is 0 Å². The molecule has 78 valence electrons. The molecule has 4 nitrogen and oxygen atoms in total. The normalized spacial score (nSPS) is 10.8. The van der Waals surface area contributed by atoms with E-state index in [-0.39, 0.29) is 0 Å². The smallest absolute Gasteiger partial charge is 0.388 e. The van der Waals surface area contributed by atoms with Crippen molar-refractivity contribution >= 4 is 11.2 Å². The highest BCUT2D eigenvalue weighted by molar-refractivity contribution is 5.70. The fraction of sp³-hybridized carbons (Fsp3) is 0. The van der Waals surface area contributed by atoms with E-state index in [2.05, 4.69) is 4.98 Å². The Morgan fingerprint density at radius 2 is 1.88 bits per heavy atom. The van der Waals surface area contributed by atoms with E-state index in [0.29, 0.717) is 11.2 Å². The van der Waals surface area contributed by atoms with Gasteiger partial charge in [-0.25, -0.2) is 14.3 Å². The number of fused-ring (bicyclic) bond motifs is 1. The van der Waals surface area contributed by atoms with Crippen LogP contribution in [0.2, 0.25) is 0 Å². The van der Waals surface area contributed by atoms with Crippen LogP contribution in [-0.2, 0) is 0 Å². The zero-order valence-corrected chi connectivity index (χ0v) is 8.33. The van der Waals surface area contributed by atoms with E-state index in [9.17, 15) is 4.79 Å². The molecule has 1 aromatic carbocycles. The van der Waals surface area contributed by atoms with Gasteiger partial charge in [-0.05, 0) is 24.3 Å². The van der Waals surface area contributed by atoms with Crippen molar-refractivity contribution in [2.45, 2.75) is 0 Å². The van der Waals surface area contributed by atoms with E-state index in [4.69, 9.17) is 4.42 Å². The molecular weight excluding hydrogens is 204 g/mol. The van der Waals surface area contributed by atoms with Gasteiger partial charge in [0.25, 0.3) is 0 Å². The summed E-state index contributed by atoms with van der Waals surface area (Å²) in [4.78, 5) is 15.7. The molecule has 0 fully saturated rings. The summed E-state index contributed by atoms with van der Waals surface area (Å²) in [6.07, 6.45) is 1.60. The van der Waals surface area contributed by atoms with E-state index in [0.717, 1.165) is 5.69 Å². The van der Waals surface area contributed by atoms with Crippen molar-refractivity contribution in [2.24, 2.45) is 0 Å². The third-order valence-electron chi connectivity index (χ3n) is 2.37. The Morgan fingerprint density at radius 3 is 2.69 bits per heavy atom. The number of hydrogen-bond donors (Lipinski definition) is 0. The SMILES string of the molecule is O=c1oc2ncccc2n1-c1ccccc1. The molecule has 0 unspecified atom stereocenters. The molecule has 0 saturated heterocycles. The predicted molar refractivity (Wildman–Crippen MR) is 59.6 cm³/mol. The summed E-state index contributed by atoms with van der Waals surface area (Å²) in [5.41, 5.74) is 1.81. The third-order valence-corrected chi connectivity index (χ3v) is 2.37. The molecule has 2 heterocycles. The zero-order chi connectivity index (χ0) is 11.0. The fourth-order valence-corrected chi connectivity index (χ4v) is 1.68. The number of hydrogen-bond acceptors (Lipinski definition) is 3. The van der Waals surface area contributed by atoms with Gasteiger partial charge in [-0.3, -0.25) is 0 Å². The highest BCUT2D eigenvalue weighted by Crippen LogP contribution is 2.14. The van der Waals surface area contributed by atoms with Crippen molar-refractivity contribution in [3.05, 3.63) is 59.2 Å². The van der Waals surface area contributed by atoms with Crippen molar-refractivity contribution in [1.29, 1.82) is 0 Å². The second-order valence-corrected chi connectivity index (χ2v) is 3.37. The van der Waals surface area contributed by atoms with Crippen LogP contribution in [0.5, 0.6) is 0 Å². The summed E-state index contributed by atoms with van der Waals surface area (Å²) in [5.74, 6) is -0.417. The van der Waals surface area contributed by atoms with Gasteiger partial charge in [0.1, 0.15) is 5.52 Å². The molecule has 0 radical (unpaired) electrons. The van der Waals surface area contributed by atoms with Gasteiger partial charge in [-0.1, -0.05) is 18.2 Å². The fourth-order valence-electron chi connectivity index (χ4n) is 1.68. The lowest BCUT2D eigenvalue weighted by molar-refractivity contribution is 0.532. The Labute approximate surface area is 90.8 Å². The maximum Gasteiger partial charge on any atom is 0.426 e. The zero-order valence-electron chi connectivity index (χ0n) is 8.33. The van der Waals surface area contributed by atoms with Crippen LogP contribution in [0.25, 0.3) is 16.9 Å². The molecule has 2 aromatic heterocycles. The second kappa shape index (κ2) is 3.34. The minimum absolute atomic E-state index is 0.358. The number of aromatic nitrogens is 2. The Hall–Kier alpha value is -2.36. The lowest BCUT2D eigenvalue weighted by atomic mass is 10.3. The van der Waals surface area contributed by atoms with Crippen LogP contribution in [0.4, 0.5) is 0 Å². The highest BCUT2D eigenvalue weighted by Gasteiger charge is 2.10. The quantitative estimate of drug-likeness (QED) is 0.619. The molecule has 0 atom stereocenters. The van der Waals surface area contributed by atoms with Gasteiger partial charge in [0.15, 0.2) is 0 Å². The molecule has 0 aliphatic carbocycles. The number of oxazole rings is 1. The van der Waals surface area contributed by atoms with Crippen LogP contribution in [0.15, 0.2) is 57.9 Å². The average Bonchev–Trinajstić information content (AvgIpc) is 2.66. The summed E-state index contributed by atoms with van der Waals surface area (Å²) in [6.45, 7) is 0. The summed E-state index contributed by atoms with van der Waals surface area (Å²) < 4.78 is 6.55. The topological polar surface area (TPSA) is 48.0 Å². The van der Waals surface area contributed by atoms with Crippen molar-refractivity contribution in [1.82, 2.24) is 9.55 Å². The van der Waals surface area contributed by atoms with Crippen molar-refractivity contribution in [2.75, 3.05) is 0 Å². The lowest BCUT2D eigenvalue weighted by Gasteiger charge is -1.99. The highest BCUT2D eigenvalue weighted by atomic mass is 16.4.